The molecule has 0 aliphatic heterocycles. The summed E-state index contributed by atoms with van der Waals surface area (Å²) >= 11 is 1.12. The number of rotatable bonds is 1. The SMILES string of the molecule is Cc1cc(C)nc(SC(=O)C(C)(C)C)n1. The summed E-state index contributed by atoms with van der Waals surface area (Å²) in [5, 5.41) is 0.639. The van der Waals surface area contributed by atoms with E-state index in [0.717, 1.165) is 23.1 Å². The molecule has 0 bridgehead atoms. The Bertz CT molecular complexity index is 362. The van der Waals surface area contributed by atoms with Gasteiger partial charge < -0.3 is 0 Å². The molecule has 1 heterocycles. The molecule has 82 valence electrons. The van der Waals surface area contributed by atoms with Crippen molar-refractivity contribution in [3.8, 4) is 0 Å². The largest absolute Gasteiger partial charge is 0.286 e. The van der Waals surface area contributed by atoms with Gasteiger partial charge in [-0.25, -0.2) is 9.97 Å². The number of hydrogen-bond acceptors (Lipinski definition) is 4. The molecule has 0 amide bonds. The van der Waals surface area contributed by atoms with Crippen LogP contribution < -0.4 is 0 Å². The highest BCUT2D eigenvalue weighted by atomic mass is 32.2. The van der Waals surface area contributed by atoms with Gasteiger partial charge >= 0.3 is 0 Å². The molecule has 1 rings (SSSR count). The van der Waals surface area contributed by atoms with Crippen LogP contribution in [0.2, 0.25) is 0 Å². The first-order valence-electron chi connectivity index (χ1n) is 4.83. The molecule has 0 N–H and O–H groups in total. The lowest BCUT2D eigenvalue weighted by Crippen LogP contribution is -2.16. The fourth-order valence-electron chi connectivity index (χ4n) is 0.975. The van der Waals surface area contributed by atoms with Gasteiger partial charge in [-0.1, -0.05) is 20.8 Å². The number of hydrogen-bond donors (Lipinski definition) is 0. The zero-order valence-electron chi connectivity index (χ0n) is 9.79. The van der Waals surface area contributed by atoms with Crippen molar-refractivity contribution in [2.24, 2.45) is 5.41 Å². The van der Waals surface area contributed by atoms with Crippen molar-refractivity contribution in [3.63, 3.8) is 0 Å². The van der Waals surface area contributed by atoms with E-state index in [0.29, 0.717) is 5.16 Å². The van der Waals surface area contributed by atoms with Crippen LogP contribution >= 0.6 is 11.8 Å². The third-order valence-electron chi connectivity index (χ3n) is 1.76. The van der Waals surface area contributed by atoms with E-state index in [2.05, 4.69) is 9.97 Å². The van der Waals surface area contributed by atoms with Crippen molar-refractivity contribution >= 4 is 16.9 Å². The first-order chi connectivity index (χ1) is 6.79. The number of carbonyl (C=O) groups is 1. The Balaban J connectivity index is 2.86. The predicted octanol–water partition coefficient (Wildman–Crippen LogP) is 2.76. The molecule has 0 aromatic carbocycles. The minimum Gasteiger partial charge on any atom is -0.286 e. The Labute approximate surface area is 94.7 Å². The standard InChI is InChI=1S/C11H16N2OS/c1-7-6-8(2)13-10(12-7)15-9(14)11(3,4)5/h6H,1-5H3. The summed E-state index contributed by atoms with van der Waals surface area (Å²) in [5.41, 5.74) is 1.43. The van der Waals surface area contributed by atoms with Gasteiger partial charge in [0.25, 0.3) is 0 Å². The second-order valence-electron chi connectivity index (χ2n) is 4.57. The predicted molar refractivity (Wildman–Crippen MR) is 61.8 cm³/mol. The van der Waals surface area contributed by atoms with Crippen LogP contribution in [0, 0.1) is 19.3 Å². The van der Waals surface area contributed by atoms with Gasteiger partial charge in [0.2, 0.25) is 5.12 Å². The van der Waals surface area contributed by atoms with Gasteiger partial charge in [0, 0.05) is 16.8 Å². The lowest BCUT2D eigenvalue weighted by atomic mass is 10.00. The number of aromatic nitrogens is 2. The van der Waals surface area contributed by atoms with Crippen LogP contribution in [-0.2, 0) is 4.79 Å². The fraction of sp³-hybridized carbons (Fsp3) is 0.545. The van der Waals surface area contributed by atoms with Crippen molar-refractivity contribution in [2.45, 2.75) is 39.8 Å². The Morgan fingerprint density at radius 1 is 1.20 bits per heavy atom. The molecule has 0 aliphatic carbocycles. The maximum atomic E-state index is 11.7. The van der Waals surface area contributed by atoms with Crippen molar-refractivity contribution in [1.82, 2.24) is 9.97 Å². The van der Waals surface area contributed by atoms with Crippen LogP contribution in [0.1, 0.15) is 32.2 Å². The molecule has 15 heavy (non-hydrogen) atoms. The second-order valence-corrected chi connectivity index (χ2v) is 5.51. The van der Waals surface area contributed by atoms with Crippen molar-refractivity contribution in [2.75, 3.05) is 0 Å². The minimum absolute atomic E-state index is 0.0903. The Kier molecular flexibility index (Phi) is 3.50. The summed E-state index contributed by atoms with van der Waals surface area (Å²) in [6.45, 7) is 9.49. The minimum atomic E-state index is -0.355. The zero-order chi connectivity index (χ0) is 11.6. The van der Waals surface area contributed by atoms with Crippen LogP contribution in [-0.4, -0.2) is 15.1 Å². The van der Waals surface area contributed by atoms with Crippen molar-refractivity contribution in [1.29, 1.82) is 0 Å². The normalized spacial score (nSPS) is 11.5. The average molecular weight is 224 g/mol. The summed E-state index contributed by atoms with van der Waals surface area (Å²) in [6, 6.07) is 1.89. The molecule has 1 aromatic rings. The maximum Gasteiger partial charge on any atom is 0.201 e. The Morgan fingerprint density at radius 3 is 2.07 bits per heavy atom. The van der Waals surface area contributed by atoms with Gasteiger partial charge in [0.15, 0.2) is 5.16 Å². The van der Waals surface area contributed by atoms with Crippen LogP contribution in [0.25, 0.3) is 0 Å². The van der Waals surface area contributed by atoms with Crippen LogP contribution in [0.5, 0.6) is 0 Å². The number of aryl methyl sites for hydroxylation is 2. The molecule has 0 atom stereocenters. The molecular formula is C11H16N2OS. The highest BCUT2D eigenvalue weighted by molar-refractivity contribution is 8.13. The fourth-order valence-corrected chi connectivity index (χ4v) is 1.83. The molecule has 0 fully saturated rings. The molecule has 0 radical (unpaired) electrons. The third kappa shape index (κ3) is 3.63. The van der Waals surface area contributed by atoms with E-state index in [1.54, 1.807) is 0 Å². The van der Waals surface area contributed by atoms with Gasteiger partial charge in [0.1, 0.15) is 0 Å². The monoisotopic (exact) mass is 224 g/mol. The molecule has 0 unspecified atom stereocenters. The summed E-state index contributed by atoms with van der Waals surface area (Å²) in [6.07, 6.45) is 0. The highest BCUT2D eigenvalue weighted by Gasteiger charge is 2.23. The molecule has 0 aliphatic rings. The lowest BCUT2D eigenvalue weighted by molar-refractivity contribution is -0.117. The molecule has 3 nitrogen and oxygen atoms in total. The Hall–Kier alpha value is -0.900. The van der Waals surface area contributed by atoms with Crippen molar-refractivity contribution in [3.05, 3.63) is 17.5 Å². The van der Waals surface area contributed by atoms with Crippen molar-refractivity contribution < 1.29 is 4.79 Å². The molecular weight excluding hydrogens is 208 g/mol. The topological polar surface area (TPSA) is 42.9 Å². The quantitative estimate of drug-likeness (QED) is 0.543. The summed E-state index contributed by atoms with van der Waals surface area (Å²) < 4.78 is 0. The smallest absolute Gasteiger partial charge is 0.201 e. The molecule has 4 heteroatoms. The maximum absolute atomic E-state index is 11.7. The number of carbonyl (C=O) groups excluding carboxylic acids is 1. The van der Waals surface area contributed by atoms with E-state index in [1.165, 1.54) is 0 Å². The van der Waals surface area contributed by atoms with E-state index >= 15 is 0 Å². The number of thioether (sulfide) groups is 1. The number of nitrogens with zero attached hydrogens (tertiary/aromatic N) is 2. The Morgan fingerprint density at radius 2 is 1.67 bits per heavy atom. The third-order valence-corrected chi connectivity index (χ3v) is 2.92. The highest BCUT2D eigenvalue weighted by Crippen LogP contribution is 2.26. The van der Waals surface area contributed by atoms with Gasteiger partial charge in [-0.3, -0.25) is 4.79 Å². The zero-order valence-corrected chi connectivity index (χ0v) is 10.6. The van der Waals surface area contributed by atoms with Gasteiger partial charge in [-0.2, -0.15) is 0 Å². The molecule has 1 aromatic heterocycles. The summed E-state index contributed by atoms with van der Waals surface area (Å²) in [7, 11) is 0. The van der Waals surface area contributed by atoms with Crippen LogP contribution in [0.15, 0.2) is 11.2 Å². The van der Waals surface area contributed by atoms with E-state index < -0.39 is 0 Å². The van der Waals surface area contributed by atoms with Crippen LogP contribution in [0.4, 0.5) is 0 Å². The molecule has 0 spiro atoms. The van der Waals surface area contributed by atoms with Gasteiger partial charge in [-0.15, -0.1) is 0 Å². The second kappa shape index (κ2) is 4.31. The van der Waals surface area contributed by atoms with Crippen LogP contribution in [0.3, 0.4) is 0 Å². The van der Waals surface area contributed by atoms with Gasteiger partial charge in [0.05, 0.1) is 0 Å². The van der Waals surface area contributed by atoms with E-state index in [4.69, 9.17) is 0 Å². The van der Waals surface area contributed by atoms with E-state index in [9.17, 15) is 4.79 Å². The van der Waals surface area contributed by atoms with E-state index in [1.807, 2.05) is 40.7 Å². The molecule has 0 saturated heterocycles. The first-order valence-corrected chi connectivity index (χ1v) is 5.65. The lowest BCUT2D eigenvalue weighted by Gasteiger charge is -2.14. The first kappa shape index (κ1) is 12.2. The van der Waals surface area contributed by atoms with Gasteiger partial charge in [-0.05, 0) is 31.7 Å². The summed E-state index contributed by atoms with van der Waals surface area (Å²) in [5.74, 6) is 0. The average Bonchev–Trinajstić information content (AvgIpc) is 1.99. The summed E-state index contributed by atoms with van der Waals surface area (Å²) in [4.78, 5) is 20.2. The van der Waals surface area contributed by atoms with E-state index in [-0.39, 0.29) is 10.5 Å². The molecule has 0 saturated carbocycles.